The molecule has 0 bridgehead atoms. The van der Waals surface area contributed by atoms with Crippen LogP contribution < -0.4 is 0 Å². The van der Waals surface area contributed by atoms with E-state index in [1.165, 1.54) is 11.1 Å². The Morgan fingerprint density at radius 1 is 1.14 bits per heavy atom. The van der Waals surface area contributed by atoms with Crippen molar-refractivity contribution in [1.82, 2.24) is 14.7 Å². The molecule has 0 atom stereocenters. The molecule has 0 saturated heterocycles. The van der Waals surface area contributed by atoms with Gasteiger partial charge < -0.3 is 4.90 Å². The number of aromatic nitrogens is 2. The number of amides is 1. The molecular formula is C17H23N3O. The predicted molar refractivity (Wildman–Crippen MR) is 85.4 cm³/mol. The van der Waals surface area contributed by atoms with Crippen LogP contribution in [0.5, 0.6) is 0 Å². The van der Waals surface area contributed by atoms with Crippen LogP contribution in [0.3, 0.4) is 0 Å². The summed E-state index contributed by atoms with van der Waals surface area (Å²) in [5.41, 5.74) is 5.01. The second kappa shape index (κ2) is 6.12. The van der Waals surface area contributed by atoms with Gasteiger partial charge in [0.2, 0.25) is 0 Å². The van der Waals surface area contributed by atoms with E-state index >= 15 is 0 Å². The fourth-order valence-electron chi connectivity index (χ4n) is 2.38. The zero-order valence-electron chi connectivity index (χ0n) is 13.5. The minimum absolute atomic E-state index is 0.0325. The van der Waals surface area contributed by atoms with Gasteiger partial charge in [-0.05, 0) is 51.0 Å². The van der Waals surface area contributed by atoms with E-state index in [2.05, 4.69) is 37.1 Å². The highest BCUT2D eigenvalue weighted by Crippen LogP contribution is 2.22. The summed E-state index contributed by atoms with van der Waals surface area (Å²) in [6, 6.07) is 8.13. The molecule has 0 saturated carbocycles. The summed E-state index contributed by atoms with van der Waals surface area (Å²) in [5, 5.41) is 4.49. The largest absolute Gasteiger partial charge is 0.338 e. The molecule has 4 heteroatoms. The molecule has 1 aromatic heterocycles. The van der Waals surface area contributed by atoms with Crippen molar-refractivity contribution in [3.05, 3.63) is 41.1 Å². The third-order valence-corrected chi connectivity index (χ3v) is 3.95. The average molecular weight is 285 g/mol. The maximum Gasteiger partial charge on any atom is 0.272 e. The third kappa shape index (κ3) is 2.99. The SMILES string of the molecule is CCN(CC)C(=O)c1cc(-c2ccc(C)c(C)c2)nn1C. The lowest BCUT2D eigenvalue weighted by atomic mass is 10.0. The van der Waals surface area contributed by atoms with Gasteiger partial charge >= 0.3 is 0 Å². The van der Waals surface area contributed by atoms with Crippen molar-refractivity contribution in [2.24, 2.45) is 7.05 Å². The van der Waals surface area contributed by atoms with Crippen LogP contribution in [0.4, 0.5) is 0 Å². The van der Waals surface area contributed by atoms with Crippen LogP contribution in [0.2, 0.25) is 0 Å². The molecule has 0 N–H and O–H groups in total. The number of nitrogens with zero attached hydrogens (tertiary/aromatic N) is 3. The van der Waals surface area contributed by atoms with Crippen LogP contribution in [0.1, 0.15) is 35.5 Å². The van der Waals surface area contributed by atoms with Gasteiger partial charge in [0, 0.05) is 25.7 Å². The summed E-state index contributed by atoms with van der Waals surface area (Å²) in [4.78, 5) is 14.3. The Morgan fingerprint density at radius 3 is 2.38 bits per heavy atom. The molecule has 0 aliphatic heterocycles. The summed E-state index contributed by atoms with van der Waals surface area (Å²) in [6.45, 7) is 9.57. The Balaban J connectivity index is 2.39. The number of carbonyl (C=O) groups excluding carboxylic acids is 1. The molecule has 112 valence electrons. The van der Waals surface area contributed by atoms with Gasteiger partial charge in [-0.15, -0.1) is 0 Å². The zero-order valence-corrected chi connectivity index (χ0v) is 13.5. The summed E-state index contributed by atoms with van der Waals surface area (Å²) in [5.74, 6) is 0.0325. The van der Waals surface area contributed by atoms with E-state index in [1.807, 2.05) is 27.0 Å². The van der Waals surface area contributed by atoms with Crippen LogP contribution in [-0.4, -0.2) is 33.7 Å². The first-order chi connectivity index (χ1) is 9.97. The Hall–Kier alpha value is -2.10. The van der Waals surface area contributed by atoms with Gasteiger partial charge in [0.15, 0.2) is 0 Å². The average Bonchev–Trinajstić information content (AvgIpc) is 2.85. The molecule has 1 heterocycles. The van der Waals surface area contributed by atoms with Crippen molar-refractivity contribution in [2.45, 2.75) is 27.7 Å². The van der Waals surface area contributed by atoms with Crippen LogP contribution in [0.25, 0.3) is 11.3 Å². The van der Waals surface area contributed by atoms with Gasteiger partial charge in [-0.1, -0.05) is 12.1 Å². The summed E-state index contributed by atoms with van der Waals surface area (Å²) in [6.07, 6.45) is 0. The highest BCUT2D eigenvalue weighted by atomic mass is 16.2. The fourth-order valence-corrected chi connectivity index (χ4v) is 2.38. The Morgan fingerprint density at radius 2 is 1.81 bits per heavy atom. The highest BCUT2D eigenvalue weighted by Gasteiger charge is 2.18. The van der Waals surface area contributed by atoms with Crippen LogP contribution in [0.15, 0.2) is 24.3 Å². The van der Waals surface area contributed by atoms with E-state index in [0.717, 1.165) is 11.3 Å². The maximum atomic E-state index is 12.5. The van der Waals surface area contributed by atoms with E-state index < -0.39 is 0 Å². The van der Waals surface area contributed by atoms with Crippen molar-refractivity contribution in [3.63, 3.8) is 0 Å². The smallest absolute Gasteiger partial charge is 0.272 e. The van der Waals surface area contributed by atoms with Gasteiger partial charge in [0.1, 0.15) is 5.69 Å². The van der Waals surface area contributed by atoms with E-state index in [9.17, 15) is 4.79 Å². The lowest BCUT2D eigenvalue weighted by molar-refractivity contribution is 0.0762. The number of rotatable bonds is 4. The number of hydrogen-bond donors (Lipinski definition) is 0. The lowest BCUT2D eigenvalue weighted by Gasteiger charge is -2.18. The van der Waals surface area contributed by atoms with Crippen molar-refractivity contribution in [3.8, 4) is 11.3 Å². The maximum absolute atomic E-state index is 12.5. The van der Waals surface area contributed by atoms with Crippen molar-refractivity contribution in [2.75, 3.05) is 13.1 Å². The quantitative estimate of drug-likeness (QED) is 0.865. The predicted octanol–water partition coefficient (Wildman–Crippen LogP) is 3.19. The molecule has 2 aromatic rings. The van der Waals surface area contributed by atoms with E-state index in [0.29, 0.717) is 18.8 Å². The standard InChI is InChI=1S/C17H23N3O/c1-6-20(7-2)17(21)16-11-15(18-19(16)5)14-9-8-12(3)13(4)10-14/h8-11H,6-7H2,1-5H3. The van der Waals surface area contributed by atoms with E-state index in [1.54, 1.807) is 9.58 Å². The van der Waals surface area contributed by atoms with Gasteiger partial charge in [0.25, 0.3) is 5.91 Å². The molecule has 1 amide bonds. The summed E-state index contributed by atoms with van der Waals surface area (Å²) >= 11 is 0. The monoisotopic (exact) mass is 285 g/mol. The summed E-state index contributed by atoms with van der Waals surface area (Å²) in [7, 11) is 1.82. The topological polar surface area (TPSA) is 38.1 Å². The highest BCUT2D eigenvalue weighted by molar-refractivity contribution is 5.93. The molecular weight excluding hydrogens is 262 g/mol. The van der Waals surface area contributed by atoms with Crippen LogP contribution >= 0.6 is 0 Å². The Labute approximate surface area is 126 Å². The van der Waals surface area contributed by atoms with E-state index in [-0.39, 0.29) is 5.91 Å². The van der Waals surface area contributed by atoms with Crippen LogP contribution in [0, 0.1) is 13.8 Å². The van der Waals surface area contributed by atoms with Gasteiger partial charge in [-0.25, -0.2) is 0 Å². The fraction of sp³-hybridized carbons (Fsp3) is 0.412. The van der Waals surface area contributed by atoms with Gasteiger partial charge in [0.05, 0.1) is 5.69 Å². The molecule has 0 aliphatic rings. The van der Waals surface area contributed by atoms with Crippen molar-refractivity contribution in [1.29, 1.82) is 0 Å². The molecule has 4 nitrogen and oxygen atoms in total. The number of hydrogen-bond acceptors (Lipinski definition) is 2. The normalized spacial score (nSPS) is 10.7. The van der Waals surface area contributed by atoms with Gasteiger partial charge in [-0.3, -0.25) is 9.48 Å². The van der Waals surface area contributed by atoms with Gasteiger partial charge in [-0.2, -0.15) is 5.10 Å². The number of carbonyl (C=O) groups is 1. The van der Waals surface area contributed by atoms with Crippen molar-refractivity contribution >= 4 is 5.91 Å². The molecule has 0 aliphatic carbocycles. The molecule has 0 fully saturated rings. The van der Waals surface area contributed by atoms with E-state index in [4.69, 9.17) is 0 Å². The Kier molecular flexibility index (Phi) is 4.46. The molecule has 0 radical (unpaired) electrons. The minimum Gasteiger partial charge on any atom is -0.338 e. The van der Waals surface area contributed by atoms with Crippen LogP contribution in [-0.2, 0) is 7.05 Å². The number of benzene rings is 1. The molecule has 0 unspecified atom stereocenters. The minimum atomic E-state index is 0.0325. The first-order valence-corrected chi connectivity index (χ1v) is 7.38. The second-order valence-corrected chi connectivity index (χ2v) is 5.31. The first kappa shape index (κ1) is 15.3. The molecule has 2 rings (SSSR count). The third-order valence-electron chi connectivity index (χ3n) is 3.95. The molecule has 21 heavy (non-hydrogen) atoms. The first-order valence-electron chi connectivity index (χ1n) is 7.38. The second-order valence-electron chi connectivity index (χ2n) is 5.31. The number of aryl methyl sites for hydroxylation is 3. The molecule has 0 spiro atoms. The molecule has 1 aromatic carbocycles. The zero-order chi connectivity index (χ0) is 15.6. The summed E-state index contributed by atoms with van der Waals surface area (Å²) < 4.78 is 1.67. The van der Waals surface area contributed by atoms with Crippen molar-refractivity contribution < 1.29 is 4.79 Å². The Bertz CT molecular complexity index is 654. The lowest BCUT2D eigenvalue weighted by Crippen LogP contribution is -2.31.